The maximum absolute atomic E-state index is 13.7. The highest BCUT2D eigenvalue weighted by atomic mass is 16.2. The fourth-order valence-electron chi connectivity index (χ4n) is 5.42. The Morgan fingerprint density at radius 1 is 0.889 bits per heavy atom. The molecule has 4 aromatic rings. The zero-order valence-electron chi connectivity index (χ0n) is 20.4. The van der Waals surface area contributed by atoms with Crippen LogP contribution in [0.3, 0.4) is 0 Å². The first-order valence-electron chi connectivity index (χ1n) is 12.9. The lowest BCUT2D eigenvalue weighted by atomic mass is 10.00. The molecular weight excluding hydrogens is 446 g/mol. The van der Waals surface area contributed by atoms with Crippen molar-refractivity contribution < 1.29 is 9.59 Å². The van der Waals surface area contributed by atoms with Gasteiger partial charge < -0.3 is 14.8 Å². The molecule has 6 rings (SSSR count). The maximum Gasteiger partial charge on any atom is 0.254 e. The lowest BCUT2D eigenvalue weighted by Crippen LogP contribution is -2.37. The zero-order valence-corrected chi connectivity index (χ0v) is 20.4. The van der Waals surface area contributed by atoms with Crippen molar-refractivity contribution in [2.24, 2.45) is 11.8 Å². The predicted molar refractivity (Wildman–Crippen MR) is 142 cm³/mol. The number of hydrogen-bond donors (Lipinski definition) is 1. The molecule has 0 bridgehead atoms. The van der Waals surface area contributed by atoms with E-state index in [1.165, 1.54) is 5.39 Å². The Hall–Kier alpha value is -3.86. The summed E-state index contributed by atoms with van der Waals surface area (Å²) in [6, 6.07) is 26.5. The van der Waals surface area contributed by atoms with Crippen molar-refractivity contribution in [1.82, 2.24) is 14.8 Å². The number of amides is 2. The Morgan fingerprint density at radius 2 is 1.69 bits per heavy atom. The van der Waals surface area contributed by atoms with Gasteiger partial charge in [-0.15, -0.1) is 0 Å². The molecule has 182 valence electrons. The monoisotopic (exact) mass is 477 g/mol. The number of carbonyl (C=O) groups is 2. The number of fused-ring (bicyclic) bond motifs is 1. The Balaban J connectivity index is 1.21. The minimum absolute atomic E-state index is 0.0391. The minimum atomic E-state index is 0.0391. The van der Waals surface area contributed by atoms with Crippen molar-refractivity contribution in [1.29, 1.82) is 0 Å². The number of nitrogens with zero attached hydrogens (tertiary/aromatic N) is 2. The molecule has 0 radical (unpaired) electrons. The molecule has 3 aromatic carbocycles. The molecule has 1 aliphatic carbocycles. The third kappa shape index (κ3) is 4.66. The van der Waals surface area contributed by atoms with Gasteiger partial charge in [-0.1, -0.05) is 54.6 Å². The number of aromatic amines is 1. The van der Waals surface area contributed by atoms with Crippen molar-refractivity contribution in [3.8, 4) is 11.1 Å². The van der Waals surface area contributed by atoms with Crippen LogP contribution in [-0.4, -0.2) is 46.2 Å². The van der Waals surface area contributed by atoms with Crippen LogP contribution in [0.5, 0.6) is 0 Å². The van der Waals surface area contributed by atoms with E-state index < -0.39 is 0 Å². The van der Waals surface area contributed by atoms with Gasteiger partial charge in [-0.3, -0.25) is 9.59 Å². The van der Waals surface area contributed by atoms with Crippen LogP contribution in [0.15, 0.2) is 85.1 Å². The highest BCUT2D eigenvalue weighted by Crippen LogP contribution is 2.33. The molecule has 1 aliphatic heterocycles. The van der Waals surface area contributed by atoms with Crippen LogP contribution < -0.4 is 0 Å². The van der Waals surface area contributed by atoms with Crippen molar-refractivity contribution >= 4 is 22.7 Å². The summed E-state index contributed by atoms with van der Waals surface area (Å²) in [5.74, 6) is 0.913. The molecule has 1 aromatic heterocycles. The lowest BCUT2D eigenvalue weighted by Gasteiger charge is -2.26. The Morgan fingerprint density at radius 3 is 2.47 bits per heavy atom. The van der Waals surface area contributed by atoms with E-state index in [9.17, 15) is 9.59 Å². The van der Waals surface area contributed by atoms with Gasteiger partial charge in [-0.05, 0) is 66.1 Å². The number of rotatable bonds is 7. The highest BCUT2D eigenvalue weighted by Gasteiger charge is 2.37. The van der Waals surface area contributed by atoms with Crippen LogP contribution in [0.2, 0.25) is 0 Å². The van der Waals surface area contributed by atoms with E-state index in [4.69, 9.17) is 0 Å². The SMILES string of the molecule is O=C(c1ccc(-c2cccc3[nH]ccc23)cc1)N(Cc1ccccc1)CC1CCN(C(=O)C2CC2)C1. The van der Waals surface area contributed by atoms with E-state index >= 15 is 0 Å². The normalized spacial score (nSPS) is 17.4. The molecule has 5 nitrogen and oxygen atoms in total. The van der Waals surface area contributed by atoms with Crippen LogP contribution in [0.4, 0.5) is 0 Å². The molecule has 2 amide bonds. The van der Waals surface area contributed by atoms with Gasteiger partial charge in [0.25, 0.3) is 5.91 Å². The first-order chi connectivity index (χ1) is 17.7. The standard InChI is InChI=1S/C31H31N3O2/c35-30(25-13-14-25)33-18-16-23(20-33)21-34(19-22-5-2-1-3-6-22)31(36)26-11-9-24(10-12-26)27-7-4-8-29-28(27)15-17-32-29/h1-12,15,17,23,25,32H,13-14,16,18-21H2. The predicted octanol–water partition coefficient (Wildman–Crippen LogP) is 5.74. The fraction of sp³-hybridized carbons (Fsp3) is 0.290. The van der Waals surface area contributed by atoms with Crippen molar-refractivity contribution in [3.05, 3.63) is 96.2 Å². The van der Waals surface area contributed by atoms with Gasteiger partial charge in [-0.2, -0.15) is 0 Å². The lowest BCUT2D eigenvalue weighted by molar-refractivity contribution is -0.131. The van der Waals surface area contributed by atoms with E-state index in [1.807, 2.05) is 64.5 Å². The Bertz CT molecular complexity index is 1370. The molecule has 36 heavy (non-hydrogen) atoms. The first-order valence-corrected chi connectivity index (χ1v) is 12.9. The molecule has 2 aliphatic rings. The number of aromatic nitrogens is 1. The van der Waals surface area contributed by atoms with Gasteiger partial charge in [0.1, 0.15) is 0 Å². The molecule has 1 unspecified atom stereocenters. The summed E-state index contributed by atoms with van der Waals surface area (Å²) in [6.07, 6.45) is 4.98. The summed E-state index contributed by atoms with van der Waals surface area (Å²) in [7, 11) is 0. The average Bonchev–Trinajstić information content (AvgIpc) is 3.47. The third-order valence-electron chi connectivity index (χ3n) is 7.54. The molecule has 1 N–H and O–H groups in total. The number of hydrogen-bond acceptors (Lipinski definition) is 2. The van der Waals surface area contributed by atoms with Gasteiger partial charge in [0.2, 0.25) is 5.91 Å². The quantitative estimate of drug-likeness (QED) is 0.369. The van der Waals surface area contributed by atoms with E-state index in [0.717, 1.165) is 54.6 Å². The van der Waals surface area contributed by atoms with Gasteiger partial charge >= 0.3 is 0 Å². The van der Waals surface area contributed by atoms with Crippen LogP contribution in [0.25, 0.3) is 22.0 Å². The van der Waals surface area contributed by atoms with Crippen molar-refractivity contribution in [2.75, 3.05) is 19.6 Å². The summed E-state index contributed by atoms with van der Waals surface area (Å²) < 4.78 is 0. The van der Waals surface area contributed by atoms with Gasteiger partial charge in [0.05, 0.1) is 0 Å². The number of carbonyl (C=O) groups excluding carboxylic acids is 2. The summed E-state index contributed by atoms with van der Waals surface area (Å²) in [6.45, 7) is 2.80. The van der Waals surface area contributed by atoms with Gasteiger partial charge in [0, 0.05) is 54.8 Å². The van der Waals surface area contributed by atoms with E-state index in [2.05, 4.69) is 35.3 Å². The highest BCUT2D eigenvalue weighted by molar-refractivity contribution is 5.97. The van der Waals surface area contributed by atoms with Crippen LogP contribution in [0.1, 0.15) is 35.2 Å². The van der Waals surface area contributed by atoms with Gasteiger partial charge in [-0.25, -0.2) is 0 Å². The first kappa shape index (κ1) is 22.6. The number of H-pyrrole nitrogens is 1. The molecule has 2 heterocycles. The summed E-state index contributed by atoms with van der Waals surface area (Å²) in [4.78, 5) is 33.5. The third-order valence-corrected chi connectivity index (χ3v) is 7.54. The topological polar surface area (TPSA) is 56.4 Å². The van der Waals surface area contributed by atoms with Crippen molar-refractivity contribution in [2.45, 2.75) is 25.8 Å². The van der Waals surface area contributed by atoms with Gasteiger partial charge in [0.15, 0.2) is 0 Å². The second-order valence-corrected chi connectivity index (χ2v) is 10.2. The fourth-order valence-corrected chi connectivity index (χ4v) is 5.42. The Kier molecular flexibility index (Phi) is 6.06. The second kappa shape index (κ2) is 9.65. The van der Waals surface area contributed by atoms with E-state index in [-0.39, 0.29) is 11.8 Å². The summed E-state index contributed by atoms with van der Waals surface area (Å²) >= 11 is 0. The number of nitrogens with one attached hydrogen (secondary N) is 1. The minimum Gasteiger partial charge on any atom is -0.361 e. The maximum atomic E-state index is 13.7. The van der Waals surface area contributed by atoms with Crippen LogP contribution >= 0.6 is 0 Å². The summed E-state index contributed by atoms with van der Waals surface area (Å²) in [5.41, 5.74) is 5.16. The molecule has 0 spiro atoms. The molecule has 5 heteroatoms. The zero-order chi connectivity index (χ0) is 24.5. The largest absolute Gasteiger partial charge is 0.361 e. The van der Waals surface area contributed by atoms with E-state index in [1.54, 1.807) is 0 Å². The average molecular weight is 478 g/mol. The van der Waals surface area contributed by atoms with Crippen molar-refractivity contribution in [3.63, 3.8) is 0 Å². The summed E-state index contributed by atoms with van der Waals surface area (Å²) in [5, 5.41) is 1.17. The molecule has 1 saturated carbocycles. The molecule has 2 fully saturated rings. The number of benzene rings is 3. The molecule has 1 atom stereocenters. The van der Waals surface area contributed by atoms with E-state index in [0.29, 0.717) is 30.5 Å². The second-order valence-electron chi connectivity index (χ2n) is 10.2. The number of likely N-dealkylation sites (tertiary alicyclic amines) is 1. The van der Waals surface area contributed by atoms with Crippen LogP contribution in [0, 0.1) is 11.8 Å². The smallest absolute Gasteiger partial charge is 0.254 e. The molecule has 1 saturated heterocycles. The molecular formula is C31H31N3O2. The van der Waals surface area contributed by atoms with Crippen LogP contribution in [-0.2, 0) is 11.3 Å². The Labute approximate surface area is 211 Å².